The summed E-state index contributed by atoms with van der Waals surface area (Å²) in [7, 11) is 0. The summed E-state index contributed by atoms with van der Waals surface area (Å²) in [6, 6.07) is 9.32. The van der Waals surface area contributed by atoms with Crippen LogP contribution in [0.5, 0.6) is 0 Å². The lowest BCUT2D eigenvalue weighted by Gasteiger charge is -2.29. The van der Waals surface area contributed by atoms with E-state index in [9.17, 15) is 9.18 Å². The maximum atomic E-state index is 13.5. The van der Waals surface area contributed by atoms with Crippen molar-refractivity contribution in [1.29, 1.82) is 0 Å². The fourth-order valence-electron chi connectivity index (χ4n) is 3.56. The number of carbonyl (C=O) groups is 1. The van der Waals surface area contributed by atoms with Crippen molar-refractivity contribution in [1.82, 2.24) is 30.4 Å². The molecule has 1 N–H and O–H groups in total. The van der Waals surface area contributed by atoms with Crippen LogP contribution in [0.25, 0.3) is 16.8 Å². The summed E-state index contributed by atoms with van der Waals surface area (Å²) < 4.78 is 20.3. The fraction of sp³-hybridized carbons (Fsp3) is 0.333. The normalized spacial score (nSPS) is 15.6. The van der Waals surface area contributed by atoms with Gasteiger partial charge in [0.05, 0.1) is 23.9 Å². The lowest BCUT2D eigenvalue weighted by molar-refractivity contribution is 0.0342. The maximum Gasteiger partial charge on any atom is 0.251 e. The molecule has 1 aliphatic heterocycles. The molecule has 0 aliphatic carbocycles. The van der Waals surface area contributed by atoms with Crippen LogP contribution < -0.4 is 5.32 Å². The number of amides is 1. The average Bonchev–Trinajstić information content (AvgIpc) is 3.29. The van der Waals surface area contributed by atoms with Gasteiger partial charge in [-0.15, -0.1) is 5.10 Å². The first kappa shape index (κ1) is 21.4. The number of nitrogens with one attached hydrogen (secondary N) is 1. The number of carbonyl (C=O) groups excluding carboxylic acids is 1. The van der Waals surface area contributed by atoms with Crippen LogP contribution in [-0.4, -0.2) is 69.9 Å². The van der Waals surface area contributed by atoms with Gasteiger partial charge in [0.15, 0.2) is 0 Å². The summed E-state index contributed by atoms with van der Waals surface area (Å²) in [5, 5.41) is 14.5. The number of rotatable bonds is 6. The van der Waals surface area contributed by atoms with E-state index in [0.717, 1.165) is 19.6 Å². The SMILES string of the molecule is C[C@H](CN1CCOCC1)NC(=O)c1cc(-c2ccc(F)cc2Cl)cc(-n2cnnn2)c1. The van der Waals surface area contributed by atoms with Gasteiger partial charge < -0.3 is 10.1 Å². The van der Waals surface area contributed by atoms with Crippen molar-refractivity contribution in [2.24, 2.45) is 0 Å². The molecular weight excluding hydrogens is 423 g/mol. The molecule has 0 spiro atoms. The largest absolute Gasteiger partial charge is 0.379 e. The number of hydrogen-bond acceptors (Lipinski definition) is 6. The number of benzene rings is 2. The predicted octanol–water partition coefficient (Wildman–Crippen LogP) is 2.57. The van der Waals surface area contributed by atoms with Crippen molar-refractivity contribution < 1.29 is 13.9 Å². The van der Waals surface area contributed by atoms with Crippen LogP contribution in [0.1, 0.15) is 17.3 Å². The molecule has 1 aliphatic rings. The van der Waals surface area contributed by atoms with Gasteiger partial charge in [0.25, 0.3) is 5.91 Å². The molecule has 0 radical (unpaired) electrons. The van der Waals surface area contributed by atoms with E-state index in [-0.39, 0.29) is 17.0 Å². The van der Waals surface area contributed by atoms with Crippen LogP contribution in [0.4, 0.5) is 4.39 Å². The molecule has 2 aromatic carbocycles. The lowest BCUT2D eigenvalue weighted by atomic mass is 10.0. The van der Waals surface area contributed by atoms with E-state index in [0.29, 0.717) is 35.6 Å². The number of hydrogen-bond donors (Lipinski definition) is 1. The Morgan fingerprint density at radius 2 is 2.06 bits per heavy atom. The molecule has 31 heavy (non-hydrogen) atoms. The quantitative estimate of drug-likeness (QED) is 0.629. The Morgan fingerprint density at radius 1 is 1.26 bits per heavy atom. The molecule has 162 valence electrons. The summed E-state index contributed by atoms with van der Waals surface area (Å²) in [5.74, 6) is -0.657. The van der Waals surface area contributed by atoms with Gasteiger partial charge in [0.2, 0.25) is 0 Å². The molecule has 2 heterocycles. The van der Waals surface area contributed by atoms with Crippen LogP contribution in [0, 0.1) is 5.82 Å². The highest BCUT2D eigenvalue weighted by atomic mass is 35.5. The van der Waals surface area contributed by atoms with Gasteiger partial charge in [-0.3, -0.25) is 9.69 Å². The Bertz CT molecular complexity index is 1060. The molecule has 10 heteroatoms. The maximum absolute atomic E-state index is 13.5. The predicted molar refractivity (Wildman–Crippen MR) is 114 cm³/mol. The lowest BCUT2D eigenvalue weighted by Crippen LogP contribution is -2.46. The second kappa shape index (κ2) is 9.51. The van der Waals surface area contributed by atoms with E-state index >= 15 is 0 Å². The zero-order valence-corrected chi connectivity index (χ0v) is 17.7. The molecule has 1 fully saturated rings. The third-order valence-corrected chi connectivity index (χ3v) is 5.36. The highest BCUT2D eigenvalue weighted by molar-refractivity contribution is 6.33. The molecule has 0 unspecified atom stereocenters. The van der Waals surface area contributed by atoms with Gasteiger partial charge in [-0.05, 0) is 59.3 Å². The first-order valence-corrected chi connectivity index (χ1v) is 10.3. The third kappa shape index (κ3) is 5.25. The van der Waals surface area contributed by atoms with E-state index in [1.165, 1.54) is 23.1 Å². The van der Waals surface area contributed by atoms with E-state index in [1.54, 1.807) is 24.3 Å². The molecule has 0 bridgehead atoms. The minimum absolute atomic E-state index is 0.0554. The Labute approximate surface area is 183 Å². The monoisotopic (exact) mass is 444 g/mol. The highest BCUT2D eigenvalue weighted by Crippen LogP contribution is 2.31. The van der Waals surface area contributed by atoms with Crippen LogP contribution in [0.15, 0.2) is 42.7 Å². The van der Waals surface area contributed by atoms with Gasteiger partial charge in [-0.25, -0.2) is 9.07 Å². The first-order chi connectivity index (χ1) is 15.0. The second-order valence-electron chi connectivity index (χ2n) is 7.43. The number of ether oxygens (including phenoxy) is 1. The van der Waals surface area contributed by atoms with Crippen LogP contribution in [0.2, 0.25) is 5.02 Å². The van der Waals surface area contributed by atoms with Crippen LogP contribution in [-0.2, 0) is 4.74 Å². The molecule has 1 saturated heterocycles. The van der Waals surface area contributed by atoms with Crippen molar-refractivity contribution in [3.05, 3.63) is 59.1 Å². The number of nitrogens with zero attached hydrogens (tertiary/aromatic N) is 5. The minimum Gasteiger partial charge on any atom is -0.379 e. The molecule has 1 aromatic heterocycles. The third-order valence-electron chi connectivity index (χ3n) is 5.05. The van der Waals surface area contributed by atoms with E-state index in [2.05, 4.69) is 25.7 Å². The van der Waals surface area contributed by atoms with Crippen molar-refractivity contribution in [2.45, 2.75) is 13.0 Å². The number of halogens is 2. The smallest absolute Gasteiger partial charge is 0.251 e. The molecule has 8 nitrogen and oxygen atoms in total. The first-order valence-electron chi connectivity index (χ1n) is 9.94. The molecule has 4 rings (SSSR count). The summed E-state index contributed by atoms with van der Waals surface area (Å²) in [4.78, 5) is 15.3. The van der Waals surface area contributed by atoms with Crippen LogP contribution in [0.3, 0.4) is 0 Å². The Morgan fingerprint density at radius 3 is 2.77 bits per heavy atom. The second-order valence-corrected chi connectivity index (χ2v) is 7.84. The fourth-order valence-corrected chi connectivity index (χ4v) is 3.83. The van der Waals surface area contributed by atoms with E-state index in [4.69, 9.17) is 16.3 Å². The summed E-state index contributed by atoms with van der Waals surface area (Å²) in [6.45, 7) is 5.81. The van der Waals surface area contributed by atoms with E-state index in [1.807, 2.05) is 6.92 Å². The molecule has 3 aromatic rings. The van der Waals surface area contributed by atoms with Crippen molar-refractivity contribution in [2.75, 3.05) is 32.8 Å². The zero-order valence-electron chi connectivity index (χ0n) is 17.0. The number of tetrazole rings is 1. The van der Waals surface area contributed by atoms with Crippen molar-refractivity contribution in [3.63, 3.8) is 0 Å². The molecule has 0 saturated carbocycles. The van der Waals surface area contributed by atoms with Gasteiger partial charge in [-0.2, -0.15) is 0 Å². The Kier molecular flexibility index (Phi) is 6.55. The summed E-state index contributed by atoms with van der Waals surface area (Å²) in [6.07, 6.45) is 1.44. The standard InChI is InChI=1S/C21H22ClFN6O2/c1-14(12-28-4-6-31-7-5-28)25-21(30)16-8-15(19-3-2-17(23)11-20(19)22)9-18(10-16)29-13-24-26-27-29/h2-3,8-11,13-14H,4-7,12H2,1H3,(H,25,30)/t14-/m1/s1. The molecule has 1 atom stereocenters. The van der Waals surface area contributed by atoms with Crippen molar-refractivity contribution in [3.8, 4) is 16.8 Å². The minimum atomic E-state index is -0.430. The summed E-state index contributed by atoms with van der Waals surface area (Å²) >= 11 is 6.26. The molecular formula is C21H22ClFN6O2. The van der Waals surface area contributed by atoms with Crippen molar-refractivity contribution >= 4 is 17.5 Å². The topological polar surface area (TPSA) is 85.2 Å². The average molecular weight is 445 g/mol. The van der Waals surface area contributed by atoms with Gasteiger partial charge in [-0.1, -0.05) is 11.6 Å². The highest BCUT2D eigenvalue weighted by Gasteiger charge is 2.18. The molecule has 1 amide bonds. The Hall–Kier alpha value is -2.88. The van der Waals surface area contributed by atoms with Gasteiger partial charge in [0.1, 0.15) is 12.1 Å². The Balaban J connectivity index is 1.61. The van der Waals surface area contributed by atoms with Gasteiger partial charge >= 0.3 is 0 Å². The summed E-state index contributed by atoms with van der Waals surface area (Å²) in [5.41, 5.74) is 2.28. The number of aromatic nitrogens is 4. The van der Waals surface area contributed by atoms with E-state index < -0.39 is 5.82 Å². The van der Waals surface area contributed by atoms with Gasteiger partial charge in [0, 0.05) is 36.8 Å². The van der Waals surface area contributed by atoms with Crippen LogP contribution >= 0.6 is 11.6 Å². The zero-order chi connectivity index (χ0) is 21.8. The number of morpholine rings is 1.